The summed E-state index contributed by atoms with van der Waals surface area (Å²) in [5, 5.41) is 20.7. The molecular weight excluding hydrogens is 402 g/mol. The number of aromatic nitrogens is 2. The average molecular weight is 432 g/mol. The first-order valence-corrected chi connectivity index (χ1v) is 10.7. The van der Waals surface area contributed by atoms with E-state index in [1.54, 1.807) is 11.7 Å². The second kappa shape index (κ2) is 11.4. The second-order valence-corrected chi connectivity index (χ2v) is 7.06. The van der Waals surface area contributed by atoms with E-state index in [0.29, 0.717) is 49.2 Å². The molecule has 166 valence electrons. The minimum absolute atomic E-state index is 0.368. The highest BCUT2D eigenvalue weighted by atomic mass is 16.5. The third kappa shape index (κ3) is 5.58. The number of ether oxygens (including phenoxy) is 1. The number of hydrogen-bond acceptors (Lipinski definition) is 5. The number of benzene rings is 2. The van der Waals surface area contributed by atoms with Gasteiger partial charge in [0.2, 0.25) is 0 Å². The normalized spacial score (nSPS) is 11.1. The number of hydrogen-bond donors (Lipinski definition) is 3. The van der Waals surface area contributed by atoms with Crippen molar-refractivity contribution in [3.05, 3.63) is 71.4 Å². The Morgan fingerprint density at radius 3 is 2.62 bits per heavy atom. The molecule has 8 heteroatoms. The summed E-state index contributed by atoms with van der Waals surface area (Å²) < 4.78 is 7.29. The number of nitriles is 1. The molecule has 2 aromatic carbocycles. The fourth-order valence-electron chi connectivity index (χ4n) is 3.35. The monoisotopic (exact) mass is 431 g/mol. The van der Waals surface area contributed by atoms with Crippen molar-refractivity contribution < 1.29 is 4.74 Å². The molecule has 3 rings (SSSR count). The summed E-state index contributed by atoms with van der Waals surface area (Å²) in [6.07, 6.45) is 1.40. The molecule has 0 unspecified atom stereocenters. The van der Waals surface area contributed by atoms with Gasteiger partial charge in [-0.15, -0.1) is 0 Å². The van der Waals surface area contributed by atoms with Crippen LogP contribution in [0.4, 0.5) is 5.82 Å². The maximum Gasteiger partial charge on any atom is 0.191 e. The largest absolute Gasteiger partial charge is 0.494 e. The van der Waals surface area contributed by atoms with Crippen LogP contribution in [-0.2, 0) is 13.0 Å². The Morgan fingerprint density at radius 2 is 1.91 bits per heavy atom. The van der Waals surface area contributed by atoms with Crippen molar-refractivity contribution in [3.8, 4) is 17.5 Å². The van der Waals surface area contributed by atoms with Gasteiger partial charge in [-0.3, -0.25) is 4.99 Å². The number of aryl methyl sites for hydroxylation is 1. The van der Waals surface area contributed by atoms with Crippen LogP contribution in [0.5, 0.6) is 5.75 Å². The molecule has 0 saturated carbocycles. The summed E-state index contributed by atoms with van der Waals surface area (Å²) in [4.78, 5) is 4.28. The van der Waals surface area contributed by atoms with Gasteiger partial charge in [0.05, 0.1) is 18.0 Å². The van der Waals surface area contributed by atoms with Crippen LogP contribution in [0.15, 0.2) is 59.6 Å². The third-order valence-electron chi connectivity index (χ3n) is 4.93. The second-order valence-electron chi connectivity index (χ2n) is 7.06. The number of rotatable bonds is 9. The number of nitrogen functional groups attached to an aromatic ring is 1. The Balaban J connectivity index is 1.54. The number of para-hydroxylation sites is 2. The fourth-order valence-corrected chi connectivity index (χ4v) is 3.35. The van der Waals surface area contributed by atoms with Crippen molar-refractivity contribution in [1.29, 1.82) is 5.26 Å². The Morgan fingerprint density at radius 1 is 1.16 bits per heavy atom. The van der Waals surface area contributed by atoms with Crippen molar-refractivity contribution in [3.63, 3.8) is 0 Å². The van der Waals surface area contributed by atoms with Gasteiger partial charge in [-0.2, -0.15) is 10.4 Å². The van der Waals surface area contributed by atoms with Gasteiger partial charge in [0, 0.05) is 25.7 Å². The number of anilines is 1. The lowest BCUT2D eigenvalue weighted by molar-refractivity contribution is 0.336. The summed E-state index contributed by atoms with van der Waals surface area (Å²) in [5.41, 5.74) is 9.21. The zero-order valence-electron chi connectivity index (χ0n) is 18.5. The quantitative estimate of drug-likeness (QED) is 0.273. The maximum atomic E-state index is 9.54. The Kier molecular flexibility index (Phi) is 8.09. The number of aliphatic imine (C=N–C) groups is 1. The van der Waals surface area contributed by atoms with Crippen LogP contribution in [-0.4, -0.2) is 35.9 Å². The Bertz CT molecular complexity index is 1080. The fraction of sp³-hybridized carbons (Fsp3) is 0.292. The molecule has 1 aromatic heterocycles. The predicted octanol–water partition coefficient (Wildman–Crippen LogP) is 3.02. The number of guanidine groups is 1. The first-order chi connectivity index (χ1) is 15.7. The van der Waals surface area contributed by atoms with Crippen LogP contribution >= 0.6 is 0 Å². The van der Waals surface area contributed by atoms with Gasteiger partial charge in [-0.25, -0.2) is 4.68 Å². The summed E-state index contributed by atoms with van der Waals surface area (Å²) in [6.45, 7) is 3.88. The molecule has 0 fully saturated rings. The van der Waals surface area contributed by atoms with E-state index in [0.717, 1.165) is 23.4 Å². The van der Waals surface area contributed by atoms with Gasteiger partial charge in [-0.05, 0) is 38.0 Å². The smallest absolute Gasteiger partial charge is 0.191 e. The lowest BCUT2D eigenvalue weighted by Crippen LogP contribution is -2.37. The Hall–Kier alpha value is -3.99. The van der Waals surface area contributed by atoms with Gasteiger partial charge in [0.25, 0.3) is 0 Å². The van der Waals surface area contributed by atoms with Crippen LogP contribution < -0.4 is 21.1 Å². The molecule has 3 aromatic rings. The minimum Gasteiger partial charge on any atom is -0.494 e. The van der Waals surface area contributed by atoms with E-state index in [-0.39, 0.29) is 0 Å². The van der Waals surface area contributed by atoms with Gasteiger partial charge < -0.3 is 21.1 Å². The van der Waals surface area contributed by atoms with Crippen molar-refractivity contribution in [2.75, 3.05) is 25.9 Å². The van der Waals surface area contributed by atoms with Crippen molar-refractivity contribution >= 4 is 11.8 Å². The highest BCUT2D eigenvalue weighted by Crippen LogP contribution is 2.21. The zero-order chi connectivity index (χ0) is 22.8. The molecule has 32 heavy (non-hydrogen) atoms. The van der Waals surface area contributed by atoms with Crippen molar-refractivity contribution in [1.82, 2.24) is 20.4 Å². The van der Waals surface area contributed by atoms with Crippen molar-refractivity contribution in [2.45, 2.75) is 26.3 Å². The maximum absolute atomic E-state index is 9.54. The molecule has 0 spiro atoms. The lowest BCUT2D eigenvalue weighted by Gasteiger charge is -2.14. The summed E-state index contributed by atoms with van der Waals surface area (Å²) in [7, 11) is 1.74. The predicted molar refractivity (Wildman–Crippen MR) is 127 cm³/mol. The number of nitrogens with zero attached hydrogens (tertiary/aromatic N) is 4. The van der Waals surface area contributed by atoms with Crippen LogP contribution in [0.1, 0.15) is 30.2 Å². The minimum atomic E-state index is 0.368. The van der Waals surface area contributed by atoms with Gasteiger partial charge in [0.15, 0.2) is 5.96 Å². The van der Waals surface area contributed by atoms with Crippen LogP contribution in [0.2, 0.25) is 0 Å². The molecule has 0 aliphatic heterocycles. The molecule has 0 aliphatic rings. The van der Waals surface area contributed by atoms with E-state index in [1.807, 2.05) is 61.5 Å². The van der Waals surface area contributed by atoms with E-state index >= 15 is 0 Å². The van der Waals surface area contributed by atoms with Crippen molar-refractivity contribution in [2.24, 2.45) is 4.99 Å². The molecule has 1 heterocycles. The first kappa shape index (κ1) is 22.7. The highest BCUT2D eigenvalue weighted by Gasteiger charge is 2.16. The lowest BCUT2D eigenvalue weighted by atomic mass is 10.1. The highest BCUT2D eigenvalue weighted by molar-refractivity contribution is 5.79. The van der Waals surface area contributed by atoms with Crippen LogP contribution in [0.25, 0.3) is 5.69 Å². The van der Waals surface area contributed by atoms with Gasteiger partial charge in [0.1, 0.15) is 23.2 Å². The zero-order valence-corrected chi connectivity index (χ0v) is 18.5. The Labute approximate surface area is 188 Å². The number of nitrogens with two attached hydrogens (primary N) is 1. The number of nitrogens with one attached hydrogen (secondary N) is 2. The molecule has 0 atom stereocenters. The molecule has 0 aliphatic carbocycles. The van der Waals surface area contributed by atoms with Crippen LogP contribution in [0, 0.1) is 11.3 Å². The topological polar surface area (TPSA) is 113 Å². The molecule has 8 nitrogen and oxygen atoms in total. The molecule has 0 bridgehead atoms. The molecule has 0 saturated heterocycles. The third-order valence-corrected chi connectivity index (χ3v) is 4.93. The SMILES string of the molecule is CCOc1ccccc1CNC(=NC)NCCCc1nn(-c2ccccc2)c(N)c1C#N. The molecule has 0 amide bonds. The molecule has 4 N–H and O–H groups in total. The standard InChI is InChI=1S/C24H29N7O/c1-3-32-22-14-8-7-10-18(22)17-29-24(27-2)28-15-9-13-21-20(16-25)23(26)31(30-21)19-11-5-4-6-12-19/h4-8,10-12,14H,3,9,13,15,17,26H2,1-2H3,(H2,27,28,29). The van der Waals surface area contributed by atoms with E-state index < -0.39 is 0 Å². The van der Waals surface area contributed by atoms with Gasteiger partial charge in [-0.1, -0.05) is 36.4 Å². The summed E-state index contributed by atoms with van der Waals surface area (Å²) in [5.74, 6) is 1.94. The van der Waals surface area contributed by atoms with E-state index in [9.17, 15) is 5.26 Å². The van der Waals surface area contributed by atoms with E-state index in [2.05, 4.69) is 26.8 Å². The van der Waals surface area contributed by atoms with Crippen LogP contribution in [0.3, 0.4) is 0 Å². The first-order valence-electron chi connectivity index (χ1n) is 10.7. The molecular formula is C24H29N7O. The van der Waals surface area contributed by atoms with E-state index in [1.165, 1.54) is 0 Å². The summed E-state index contributed by atoms with van der Waals surface area (Å²) in [6, 6.07) is 19.7. The van der Waals surface area contributed by atoms with Gasteiger partial charge >= 0.3 is 0 Å². The summed E-state index contributed by atoms with van der Waals surface area (Å²) >= 11 is 0. The average Bonchev–Trinajstić information content (AvgIpc) is 3.15. The molecule has 0 radical (unpaired) electrons. The van der Waals surface area contributed by atoms with E-state index in [4.69, 9.17) is 10.5 Å².